The van der Waals surface area contributed by atoms with Crippen LogP contribution in [0.3, 0.4) is 0 Å². The molecule has 0 saturated carbocycles. The third-order valence-corrected chi connectivity index (χ3v) is 3.81. The van der Waals surface area contributed by atoms with E-state index in [4.69, 9.17) is 14.3 Å². The lowest BCUT2D eigenvalue weighted by atomic mass is 10.0. The smallest absolute Gasteiger partial charge is 0.225 e. The van der Waals surface area contributed by atoms with Crippen molar-refractivity contribution in [3.05, 3.63) is 12.4 Å². The summed E-state index contributed by atoms with van der Waals surface area (Å²) in [4.78, 5) is 16.0. The Bertz CT molecular complexity index is 512. The van der Waals surface area contributed by atoms with Crippen LogP contribution in [0, 0.1) is 0 Å². The van der Waals surface area contributed by atoms with Crippen LogP contribution in [-0.4, -0.2) is 62.7 Å². The Morgan fingerprint density at radius 3 is 2.83 bits per heavy atom. The summed E-state index contributed by atoms with van der Waals surface area (Å²) < 4.78 is 11.1. The summed E-state index contributed by atoms with van der Waals surface area (Å²) in [5.74, 6) is 0.746. The monoisotopic (exact) mass is 318 g/mol. The number of oxime groups is 1. The van der Waals surface area contributed by atoms with E-state index in [1.165, 1.54) is 6.42 Å². The highest BCUT2D eigenvalue weighted by atomic mass is 16.7. The first-order valence-corrected chi connectivity index (χ1v) is 8.26. The van der Waals surface area contributed by atoms with Gasteiger partial charge in [0.25, 0.3) is 0 Å². The van der Waals surface area contributed by atoms with Crippen molar-refractivity contribution in [1.82, 2.24) is 9.97 Å². The van der Waals surface area contributed by atoms with Crippen molar-refractivity contribution in [2.24, 2.45) is 5.16 Å². The molecule has 8 heteroatoms. The molecule has 2 aliphatic heterocycles. The van der Waals surface area contributed by atoms with Crippen LogP contribution in [0.4, 0.5) is 5.95 Å². The second kappa shape index (κ2) is 8.26. The Hall–Kier alpha value is -1.67. The van der Waals surface area contributed by atoms with E-state index in [0.29, 0.717) is 13.2 Å². The molecule has 0 amide bonds. The van der Waals surface area contributed by atoms with Gasteiger partial charge in [0.2, 0.25) is 5.95 Å². The molecule has 2 aliphatic rings. The Labute approximate surface area is 137 Å². The van der Waals surface area contributed by atoms with E-state index in [1.54, 1.807) is 0 Å². The summed E-state index contributed by atoms with van der Waals surface area (Å²) in [5.41, 5.74) is 2.08. The molecular formula is C15H23BN4O3. The average molecular weight is 318 g/mol. The van der Waals surface area contributed by atoms with E-state index in [2.05, 4.69) is 20.0 Å². The summed E-state index contributed by atoms with van der Waals surface area (Å²) in [6, 6.07) is 0. The summed E-state index contributed by atoms with van der Waals surface area (Å²) in [7, 11) is 1.98. The number of nitrogens with zero attached hydrogens (tertiary/aromatic N) is 4. The van der Waals surface area contributed by atoms with Gasteiger partial charge in [-0.1, -0.05) is 10.6 Å². The van der Waals surface area contributed by atoms with E-state index in [-0.39, 0.29) is 6.29 Å². The summed E-state index contributed by atoms with van der Waals surface area (Å²) in [6.45, 7) is 3.50. The zero-order valence-electron chi connectivity index (χ0n) is 13.6. The molecule has 124 valence electrons. The van der Waals surface area contributed by atoms with Gasteiger partial charge in [-0.3, -0.25) is 0 Å². The third-order valence-electron chi connectivity index (χ3n) is 3.81. The van der Waals surface area contributed by atoms with Gasteiger partial charge in [0.05, 0.1) is 25.4 Å². The van der Waals surface area contributed by atoms with Crippen molar-refractivity contribution in [2.45, 2.75) is 32.0 Å². The molecular weight excluding hydrogens is 295 g/mol. The summed E-state index contributed by atoms with van der Waals surface area (Å²) >= 11 is 0. The van der Waals surface area contributed by atoms with Crippen molar-refractivity contribution in [2.75, 3.05) is 37.8 Å². The van der Waals surface area contributed by atoms with Crippen molar-refractivity contribution >= 4 is 25.0 Å². The maximum Gasteiger partial charge on any atom is 0.225 e. The van der Waals surface area contributed by atoms with E-state index in [9.17, 15) is 0 Å². The van der Waals surface area contributed by atoms with Crippen LogP contribution in [-0.2, 0) is 14.3 Å². The lowest BCUT2D eigenvalue weighted by Gasteiger charge is -2.31. The van der Waals surface area contributed by atoms with Gasteiger partial charge in [0, 0.05) is 25.4 Å². The lowest BCUT2D eigenvalue weighted by Crippen LogP contribution is -2.48. The van der Waals surface area contributed by atoms with Crippen LogP contribution < -0.4 is 10.4 Å². The molecule has 3 heterocycles. The first-order chi connectivity index (χ1) is 11.3. The van der Waals surface area contributed by atoms with Crippen LogP contribution in [0.1, 0.15) is 25.7 Å². The minimum atomic E-state index is -0.0234. The predicted octanol–water partition coefficient (Wildman–Crippen LogP) is -0.139. The molecule has 7 nitrogen and oxygen atoms in total. The zero-order chi connectivity index (χ0) is 15.9. The molecule has 1 aromatic heterocycles. The number of hydrogen-bond donors (Lipinski definition) is 0. The third kappa shape index (κ3) is 4.90. The average Bonchev–Trinajstić information content (AvgIpc) is 2.54. The molecule has 3 rings (SSSR count). The Balaban J connectivity index is 1.25. The SMILES string of the molecule is Bc1cnc(N2CC(=NOCCCOC3CCCCO3)C2)nc1. The minimum absolute atomic E-state index is 0.0234. The standard InChI is InChI=1S/C15H23BN4O3/c16-12-8-17-15(18-9-12)20-10-13(11-20)19-23-7-3-6-22-14-4-1-2-5-21-14/h8-9,14H,1-7,10-11,16H2. The topological polar surface area (TPSA) is 69.1 Å². The van der Waals surface area contributed by atoms with Crippen molar-refractivity contribution < 1.29 is 14.3 Å². The molecule has 0 radical (unpaired) electrons. The maximum atomic E-state index is 5.64. The van der Waals surface area contributed by atoms with Crippen LogP contribution in [0.15, 0.2) is 17.5 Å². The van der Waals surface area contributed by atoms with Crippen molar-refractivity contribution in [3.8, 4) is 0 Å². The molecule has 2 fully saturated rings. The fourth-order valence-electron chi connectivity index (χ4n) is 2.46. The summed E-state index contributed by atoms with van der Waals surface area (Å²) in [5, 5.41) is 4.14. The highest BCUT2D eigenvalue weighted by Crippen LogP contribution is 2.14. The molecule has 0 aromatic carbocycles. The van der Waals surface area contributed by atoms with Gasteiger partial charge >= 0.3 is 0 Å². The quantitative estimate of drug-likeness (QED) is 0.396. The molecule has 0 bridgehead atoms. The molecule has 23 heavy (non-hydrogen) atoms. The molecule has 0 N–H and O–H groups in total. The van der Waals surface area contributed by atoms with Gasteiger partial charge in [-0.25, -0.2) is 9.97 Å². The predicted molar refractivity (Wildman–Crippen MR) is 90.0 cm³/mol. The minimum Gasteiger partial charge on any atom is -0.396 e. The number of rotatable bonds is 7. The Kier molecular flexibility index (Phi) is 5.82. The largest absolute Gasteiger partial charge is 0.396 e. The second-order valence-electron chi connectivity index (χ2n) is 5.93. The Morgan fingerprint density at radius 2 is 2.09 bits per heavy atom. The molecule has 0 aliphatic carbocycles. The molecule has 1 aromatic rings. The van der Waals surface area contributed by atoms with E-state index >= 15 is 0 Å². The fourth-order valence-corrected chi connectivity index (χ4v) is 2.46. The first-order valence-electron chi connectivity index (χ1n) is 8.26. The maximum absolute atomic E-state index is 5.64. The number of anilines is 1. The van der Waals surface area contributed by atoms with E-state index < -0.39 is 0 Å². The lowest BCUT2D eigenvalue weighted by molar-refractivity contribution is -0.164. The van der Waals surface area contributed by atoms with Gasteiger partial charge < -0.3 is 19.2 Å². The van der Waals surface area contributed by atoms with Gasteiger partial charge in [-0.05, 0) is 19.3 Å². The van der Waals surface area contributed by atoms with Crippen LogP contribution in [0.5, 0.6) is 0 Å². The van der Waals surface area contributed by atoms with Crippen LogP contribution >= 0.6 is 0 Å². The second-order valence-corrected chi connectivity index (χ2v) is 5.93. The van der Waals surface area contributed by atoms with Gasteiger partial charge in [0.1, 0.15) is 14.5 Å². The highest BCUT2D eigenvalue weighted by molar-refractivity contribution is 6.31. The van der Waals surface area contributed by atoms with E-state index in [0.717, 1.165) is 56.1 Å². The fraction of sp³-hybridized carbons (Fsp3) is 0.667. The molecule has 2 saturated heterocycles. The summed E-state index contributed by atoms with van der Waals surface area (Å²) in [6.07, 6.45) is 7.78. The van der Waals surface area contributed by atoms with Crippen molar-refractivity contribution in [3.63, 3.8) is 0 Å². The van der Waals surface area contributed by atoms with Gasteiger partial charge in [-0.15, -0.1) is 0 Å². The van der Waals surface area contributed by atoms with E-state index in [1.807, 2.05) is 20.2 Å². The number of aromatic nitrogens is 2. The van der Waals surface area contributed by atoms with Crippen LogP contribution in [0.2, 0.25) is 0 Å². The van der Waals surface area contributed by atoms with Gasteiger partial charge in [0.15, 0.2) is 6.29 Å². The van der Waals surface area contributed by atoms with Crippen molar-refractivity contribution in [1.29, 1.82) is 0 Å². The zero-order valence-corrected chi connectivity index (χ0v) is 13.6. The molecule has 1 atom stereocenters. The number of hydrogen-bond acceptors (Lipinski definition) is 7. The molecule has 1 unspecified atom stereocenters. The van der Waals surface area contributed by atoms with Gasteiger partial charge in [-0.2, -0.15) is 0 Å². The Morgan fingerprint density at radius 1 is 1.26 bits per heavy atom. The molecule has 0 spiro atoms. The normalized spacial score (nSPS) is 21.0. The highest BCUT2D eigenvalue weighted by Gasteiger charge is 2.24. The number of ether oxygens (including phenoxy) is 2. The van der Waals surface area contributed by atoms with Crippen LogP contribution in [0.25, 0.3) is 0 Å². The first kappa shape index (κ1) is 16.2.